The third kappa shape index (κ3) is 3.11. The zero-order chi connectivity index (χ0) is 15.7. The predicted molar refractivity (Wildman–Crippen MR) is 90.3 cm³/mol. The number of hydrogen-bond acceptors (Lipinski definition) is 6. The van der Waals surface area contributed by atoms with Crippen LogP contribution < -0.4 is 16.0 Å². The summed E-state index contributed by atoms with van der Waals surface area (Å²) in [7, 11) is 2.01. The fourth-order valence-corrected chi connectivity index (χ4v) is 2.77. The second kappa shape index (κ2) is 6.04. The molecule has 0 amide bonds. The molecule has 0 aromatic carbocycles. The fraction of sp³-hybridized carbons (Fsp3) is 0.562. The molecule has 3 N–H and O–H groups in total. The summed E-state index contributed by atoms with van der Waals surface area (Å²) >= 11 is 0. The molecule has 1 saturated carbocycles. The molecule has 1 aliphatic carbocycles. The quantitative estimate of drug-likeness (QED) is 0.787. The van der Waals surface area contributed by atoms with Gasteiger partial charge >= 0.3 is 0 Å². The van der Waals surface area contributed by atoms with E-state index in [-0.39, 0.29) is 0 Å². The van der Waals surface area contributed by atoms with Gasteiger partial charge in [-0.15, -0.1) is 0 Å². The first-order chi connectivity index (χ1) is 10.5. The molecule has 6 heteroatoms. The minimum absolute atomic E-state index is 0.312. The van der Waals surface area contributed by atoms with Crippen LogP contribution in [-0.2, 0) is 0 Å². The standard InChI is InChI=1S/C16H24N6/c1-9(2)19-15-14-11(5-10(3)20-15)8-18-16(22-14)21-13-6-12(7-13)17-4/h5,8-9,12-13,17H,6-7H2,1-4H3,(H,19,20)(H,18,21,22)/t12-,13-. The minimum Gasteiger partial charge on any atom is -0.366 e. The van der Waals surface area contributed by atoms with Crippen molar-refractivity contribution in [3.8, 4) is 0 Å². The molecule has 0 radical (unpaired) electrons. The van der Waals surface area contributed by atoms with Crippen molar-refractivity contribution in [3.63, 3.8) is 0 Å². The van der Waals surface area contributed by atoms with Gasteiger partial charge in [0, 0.05) is 35.4 Å². The van der Waals surface area contributed by atoms with Crippen LogP contribution >= 0.6 is 0 Å². The Labute approximate surface area is 131 Å². The first-order valence-electron chi connectivity index (χ1n) is 7.90. The minimum atomic E-state index is 0.312. The van der Waals surface area contributed by atoms with Crippen LogP contribution in [0.2, 0.25) is 0 Å². The highest BCUT2D eigenvalue weighted by molar-refractivity contribution is 5.88. The molecule has 0 aliphatic heterocycles. The molecule has 0 saturated heterocycles. The maximum Gasteiger partial charge on any atom is 0.223 e. The lowest BCUT2D eigenvalue weighted by atomic mass is 9.87. The van der Waals surface area contributed by atoms with Crippen molar-refractivity contribution in [2.24, 2.45) is 0 Å². The summed E-state index contributed by atoms with van der Waals surface area (Å²) in [4.78, 5) is 13.7. The van der Waals surface area contributed by atoms with E-state index in [1.165, 1.54) is 0 Å². The monoisotopic (exact) mass is 300 g/mol. The summed E-state index contributed by atoms with van der Waals surface area (Å²) in [5.74, 6) is 1.52. The van der Waals surface area contributed by atoms with Crippen LogP contribution in [0.25, 0.3) is 10.9 Å². The molecule has 1 aliphatic rings. The van der Waals surface area contributed by atoms with E-state index in [0.717, 1.165) is 35.3 Å². The van der Waals surface area contributed by atoms with Crippen molar-refractivity contribution in [2.45, 2.75) is 51.7 Å². The van der Waals surface area contributed by atoms with Crippen molar-refractivity contribution in [1.82, 2.24) is 20.3 Å². The molecule has 0 unspecified atom stereocenters. The van der Waals surface area contributed by atoms with E-state index in [0.29, 0.717) is 24.1 Å². The SMILES string of the molecule is CN[C@H]1C[C@H](Nc2ncc3cc(C)nc(NC(C)C)c3n2)C1. The Morgan fingerprint density at radius 1 is 1.18 bits per heavy atom. The van der Waals surface area contributed by atoms with E-state index < -0.39 is 0 Å². The number of nitrogens with zero attached hydrogens (tertiary/aromatic N) is 3. The molecule has 0 atom stereocenters. The molecule has 2 aromatic rings. The average Bonchev–Trinajstić information content (AvgIpc) is 2.42. The van der Waals surface area contributed by atoms with Gasteiger partial charge in [0.25, 0.3) is 0 Å². The summed E-state index contributed by atoms with van der Waals surface area (Å²) in [5.41, 5.74) is 1.84. The number of pyridine rings is 1. The van der Waals surface area contributed by atoms with Crippen LogP contribution in [0.1, 0.15) is 32.4 Å². The molecule has 6 nitrogen and oxygen atoms in total. The first-order valence-corrected chi connectivity index (χ1v) is 7.90. The van der Waals surface area contributed by atoms with Gasteiger partial charge in [0.2, 0.25) is 5.95 Å². The van der Waals surface area contributed by atoms with Gasteiger partial charge in [-0.2, -0.15) is 0 Å². The third-order valence-corrected chi connectivity index (χ3v) is 4.00. The Morgan fingerprint density at radius 3 is 2.64 bits per heavy atom. The topological polar surface area (TPSA) is 74.8 Å². The molecule has 0 bridgehead atoms. The van der Waals surface area contributed by atoms with Crippen molar-refractivity contribution in [3.05, 3.63) is 18.0 Å². The Morgan fingerprint density at radius 2 is 1.95 bits per heavy atom. The highest BCUT2D eigenvalue weighted by Crippen LogP contribution is 2.25. The van der Waals surface area contributed by atoms with Crippen LogP contribution in [0, 0.1) is 6.92 Å². The maximum absolute atomic E-state index is 4.67. The largest absolute Gasteiger partial charge is 0.366 e. The lowest BCUT2D eigenvalue weighted by molar-refractivity contribution is 0.325. The van der Waals surface area contributed by atoms with Crippen LogP contribution in [0.4, 0.5) is 11.8 Å². The van der Waals surface area contributed by atoms with Gasteiger partial charge in [-0.25, -0.2) is 15.0 Å². The summed E-state index contributed by atoms with van der Waals surface area (Å²) in [6.07, 6.45) is 4.10. The van der Waals surface area contributed by atoms with Gasteiger partial charge in [0.05, 0.1) is 0 Å². The lowest BCUT2D eigenvalue weighted by Gasteiger charge is -2.35. The van der Waals surface area contributed by atoms with Gasteiger partial charge < -0.3 is 16.0 Å². The average molecular weight is 300 g/mol. The number of aryl methyl sites for hydroxylation is 1. The highest BCUT2D eigenvalue weighted by atomic mass is 15.1. The second-order valence-corrected chi connectivity index (χ2v) is 6.34. The van der Waals surface area contributed by atoms with Crippen LogP contribution in [0.5, 0.6) is 0 Å². The smallest absolute Gasteiger partial charge is 0.223 e. The van der Waals surface area contributed by atoms with E-state index in [1.54, 1.807) is 0 Å². The Hall–Kier alpha value is -1.95. The number of rotatable bonds is 5. The number of aromatic nitrogens is 3. The highest BCUT2D eigenvalue weighted by Gasteiger charge is 2.28. The fourth-order valence-electron chi connectivity index (χ4n) is 2.77. The van der Waals surface area contributed by atoms with Crippen molar-refractivity contribution < 1.29 is 0 Å². The Balaban J connectivity index is 1.86. The molecule has 22 heavy (non-hydrogen) atoms. The Kier molecular flexibility index (Phi) is 4.11. The lowest BCUT2D eigenvalue weighted by Crippen LogP contribution is -2.46. The van der Waals surface area contributed by atoms with Crippen molar-refractivity contribution in [2.75, 3.05) is 17.7 Å². The molecule has 0 spiro atoms. The maximum atomic E-state index is 4.67. The van der Waals surface area contributed by atoms with Crippen molar-refractivity contribution in [1.29, 1.82) is 0 Å². The van der Waals surface area contributed by atoms with E-state index in [9.17, 15) is 0 Å². The number of anilines is 2. The van der Waals surface area contributed by atoms with Gasteiger partial charge in [-0.1, -0.05) is 0 Å². The number of hydrogen-bond donors (Lipinski definition) is 3. The summed E-state index contributed by atoms with van der Waals surface area (Å²) in [6, 6.07) is 3.40. The molecule has 3 rings (SSSR count). The van der Waals surface area contributed by atoms with E-state index >= 15 is 0 Å². The molecule has 2 aromatic heterocycles. The zero-order valence-corrected chi connectivity index (χ0v) is 13.6. The van der Waals surface area contributed by atoms with E-state index in [4.69, 9.17) is 0 Å². The van der Waals surface area contributed by atoms with Gasteiger partial charge in [0.15, 0.2) is 5.82 Å². The van der Waals surface area contributed by atoms with Crippen molar-refractivity contribution >= 4 is 22.7 Å². The third-order valence-electron chi connectivity index (χ3n) is 4.00. The normalized spacial score (nSPS) is 21.0. The van der Waals surface area contributed by atoms with Crippen LogP contribution in [-0.4, -0.2) is 40.1 Å². The summed E-state index contributed by atoms with van der Waals surface area (Å²) < 4.78 is 0. The molecule has 2 heterocycles. The molecular weight excluding hydrogens is 276 g/mol. The summed E-state index contributed by atoms with van der Waals surface area (Å²) in [5, 5.41) is 11.1. The van der Waals surface area contributed by atoms with Gasteiger partial charge in [-0.3, -0.25) is 0 Å². The first kappa shape index (κ1) is 15.0. The van der Waals surface area contributed by atoms with E-state index in [1.807, 2.05) is 26.2 Å². The second-order valence-electron chi connectivity index (χ2n) is 6.34. The van der Waals surface area contributed by atoms with Gasteiger partial charge in [-0.05, 0) is 46.7 Å². The number of nitrogens with one attached hydrogen (secondary N) is 3. The van der Waals surface area contributed by atoms with Crippen LogP contribution in [0.3, 0.4) is 0 Å². The van der Waals surface area contributed by atoms with Crippen LogP contribution in [0.15, 0.2) is 12.3 Å². The molecule has 1 fully saturated rings. The predicted octanol–water partition coefficient (Wildman–Crippen LogP) is 2.32. The van der Waals surface area contributed by atoms with Gasteiger partial charge in [0.1, 0.15) is 5.52 Å². The molecule has 118 valence electrons. The zero-order valence-electron chi connectivity index (χ0n) is 13.6. The number of fused-ring (bicyclic) bond motifs is 1. The summed E-state index contributed by atoms with van der Waals surface area (Å²) in [6.45, 7) is 6.19. The molecular formula is C16H24N6. The van der Waals surface area contributed by atoms with E-state index in [2.05, 4.69) is 44.7 Å². The Bertz CT molecular complexity index is 663.